The van der Waals surface area contributed by atoms with Crippen LogP contribution >= 0.6 is 34.4 Å². The molecular weight excluding hydrogens is 310 g/mol. The van der Waals surface area contributed by atoms with Crippen molar-refractivity contribution in [3.05, 3.63) is 44.3 Å². The van der Waals surface area contributed by atoms with Gasteiger partial charge in [0.05, 0.1) is 6.10 Å². The summed E-state index contributed by atoms with van der Waals surface area (Å²) in [6, 6.07) is 3.93. The molecule has 2 unspecified atom stereocenters. The van der Waals surface area contributed by atoms with Gasteiger partial charge in [-0.05, 0) is 51.6 Å². The molecule has 0 saturated heterocycles. The molecule has 0 spiro atoms. The van der Waals surface area contributed by atoms with Crippen LogP contribution in [0.25, 0.3) is 0 Å². The Morgan fingerprint density at radius 1 is 1.45 bits per heavy atom. The van der Waals surface area contributed by atoms with Crippen molar-refractivity contribution < 1.29 is 9.90 Å². The molecule has 3 heterocycles. The minimum Gasteiger partial charge on any atom is -0.387 e. The van der Waals surface area contributed by atoms with Crippen LogP contribution in [0.5, 0.6) is 0 Å². The minimum atomic E-state index is -0.624. The highest BCUT2D eigenvalue weighted by Crippen LogP contribution is 2.39. The van der Waals surface area contributed by atoms with Gasteiger partial charge in [0.15, 0.2) is 0 Å². The molecule has 0 aromatic carbocycles. The lowest BCUT2D eigenvalue weighted by Crippen LogP contribution is -2.32. The molecular formula is C14H15NO2S3. The summed E-state index contributed by atoms with van der Waals surface area (Å²) in [4.78, 5) is 13.6. The van der Waals surface area contributed by atoms with Crippen molar-refractivity contribution in [2.45, 2.75) is 17.8 Å². The lowest BCUT2D eigenvalue weighted by molar-refractivity contribution is -0.121. The molecule has 1 aliphatic heterocycles. The summed E-state index contributed by atoms with van der Waals surface area (Å²) in [5, 5.41) is 18.6. The lowest BCUT2D eigenvalue weighted by Gasteiger charge is -2.22. The Bertz CT molecular complexity index is 579. The second kappa shape index (κ2) is 6.30. The van der Waals surface area contributed by atoms with Crippen LogP contribution in [0.3, 0.4) is 0 Å². The molecule has 0 aliphatic carbocycles. The summed E-state index contributed by atoms with van der Waals surface area (Å²) < 4.78 is 0. The van der Waals surface area contributed by atoms with Crippen molar-refractivity contribution in [2.24, 2.45) is 0 Å². The van der Waals surface area contributed by atoms with E-state index in [1.165, 1.54) is 4.88 Å². The van der Waals surface area contributed by atoms with Crippen molar-refractivity contribution in [1.82, 2.24) is 5.32 Å². The zero-order chi connectivity index (χ0) is 13.9. The van der Waals surface area contributed by atoms with Crippen LogP contribution in [0.4, 0.5) is 0 Å². The van der Waals surface area contributed by atoms with E-state index in [1.807, 2.05) is 22.9 Å². The fourth-order valence-electron chi connectivity index (χ4n) is 2.24. The molecule has 20 heavy (non-hydrogen) atoms. The number of aryl methyl sites for hydroxylation is 1. The molecule has 2 aromatic rings. The SMILES string of the molecule is O=C(NCC(O)c1ccsc1)C1SCCc2sccc21. The van der Waals surface area contributed by atoms with Gasteiger partial charge in [-0.1, -0.05) is 0 Å². The predicted molar refractivity (Wildman–Crippen MR) is 85.5 cm³/mol. The number of amides is 1. The van der Waals surface area contributed by atoms with E-state index in [0.717, 1.165) is 23.3 Å². The monoisotopic (exact) mass is 325 g/mol. The Balaban J connectivity index is 1.61. The van der Waals surface area contributed by atoms with E-state index in [-0.39, 0.29) is 17.7 Å². The van der Waals surface area contributed by atoms with Gasteiger partial charge in [-0.15, -0.1) is 23.1 Å². The average Bonchev–Trinajstić information content (AvgIpc) is 3.13. The summed E-state index contributed by atoms with van der Waals surface area (Å²) in [7, 11) is 0. The fraction of sp³-hybridized carbons (Fsp3) is 0.357. The van der Waals surface area contributed by atoms with E-state index >= 15 is 0 Å². The van der Waals surface area contributed by atoms with Crippen molar-refractivity contribution in [3.63, 3.8) is 0 Å². The first kappa shape index (κ1) is 14.1. The summed E-state index contributed by atoms with van der Waals surface area (Å²) in [5.74, 6) is 0.988. The lowest BCUT2D eigenvalue weighted by atomic mass is 10.1. The molecule has 0 saturated carbocycles. The fourth-order valence-corrected chi connectivity index (χ4v) is 5.26. The smallest absolute Gasteiger partial charge is 0.237 e. The standard InChI is InChI=1S/C14H15NO2S3/c16-11(9-1-4-18-8-9)7-15-14(17)13-10-2-5-19-12(10)3-6-20-13/h1-2,4-5,8,11,13,16H,3,6-7H2,(H,15,17). The largest absolute Gasteiger partial charge is 0.387 e. The summed E-state index contributed by atoms with van der Waals surface area (Å²) in [5.41, 5.74) is 2.01. The maximum absolute atomic E-state index is 12.3. The van der Waals surface area contributed by atoms with Gasteiger partial charge in [-0.25, -0.2) is 0 Å². The maximum Gasteiger partial charge on any atom is 0.237 e. The average molecular weight is 325 g/mol. The van der Waals surface area contributed by atoms with Gasteiger partial charge in [0.25, 0.3) is 0 Å². The van der Waals surface area contributed by atoms with Crippen LogP contribution in [-0.2, 0) is 11.2 Å². The van der Waals surface area contributed by atoms with E-state index in [9.17, 15) is 9.90 Å². The van der Waals surface area contributed by atoms with E-state index in [0.29, 0.717) is 0 Å². The number of aliphatic hydroxyl groups excluding tert-OH is 1. The number of fused-ring (bicyclic) bond motifs is 1. The van der Waals surface area contributed by atoms with Crippen LogP contribution in [-0.4, -0.2) is 23.3 Å². The first-order valence-electron chi connectivity index (χ1n) is 6.41. The number of thiophene rings is 2. The molecule has 2 aromatic heterocycles. The Morgan fingerprint density at radius 3 is 3.15 bits per heavy atom. The van der Waals surface area contributed by atoms with E-state index < -0.39 is 6.10 Å². The number of rotatable bonds is 4. The molecule has 6 heteroatoms. The summed E-state index contributed by atoms with van der Waals surface area (Å²) in [6.07, 6.45) is 0.430. The Kier molecular flexibility index (Phi) is 4.45. The molecule has 2 atom stereocenters. The number of hydrogen-bond donors (Lipinski definition) is 2. The molecule has 1 amide bonds. The van der Waals surface area contributed by atoms with Gasteiger partial charge in [0.2, 0.25) is 5.91 Å². The third-order valence-corrected chi connectivity index (χ3v) is 6.25. The van der Waals surface area contributed by atoms with Crippen LogP contribution in [0.1, 0.15) is 27.4 Å². The van der Waals surface area contributed by atoms with Gasteiger partial charge in [-0.2, -0.15) is 11.3 Å². The highest BCUT2D eigenvalue weighted by Gasteiger charge is 2.28. The summed E-state index contributed by atoms with van der Waals surface area (Å²) >= 11 is 4.96. The van der Waals surface area contributed by atoms with Gasteiger partial charge < -0.3 is 10.4 Å². The van der Waals surface area contributed by atoms with Crippen molar-refractivity contribution in [3.8, 4) is 0 Å². The zero-order valence-electron chi connectivity index (χ0n) is 10.7. The molecule has 2 N–H and O–H groups in total. The van der Waals surface area contributed by atoms with Crippen LogP contribution in [0.15, 0.2) is 28.3 Å². The van der Waals surface area contributed by atoms with E-state index in [1.54, 1.807) is 34.4 Å². The zero-order valence-corrected chi connectivity index (χ0v) is 13.2. The number of hydrogen-bond acceptors (Lipinski definition) is 5. The molecule has 3 nitrogen and oxygen atoms in total. The van der Waals surface area contributed by atoms with Crippen molar-refractivity contribution >= 4 is 40.3 Å². The number of aliphatic hydroxyl groups is 1. The van der Waals surface area contributed by atoms with Crippen molar-refractivity contribution in [1.29, 1.82) is 0 Å². The van der Waals surface area contributed by atoms with Gasteiger partial charge in [-0.3, -0.25) is 4.79 Å². The van der Waals surface area contributed by atoms with E-state index in [4.69, 9.17) is 0 Å². The van der Waals surface area contributed by atoms with Crippen LogP contribution < -0.4 is 5.32 Å². The minimum absolute atomic E-state index is 0.00336. The highest BCUT2D eigenvalue weighted by molar-refractivity contribution is 8.00. The number of thioether (sulfide) groups is 1. The number of nitrogens with one attached hydrogen (secondary N) is 1. The first-order chi connectivity index (χ1) is 9.75. The van der Waals surface area contributed by atoms with Gasteiger partial charge in [0, 0.05) is 11.4 Å². The highest BCUT2D eigenvalue weighted by atomic mass is 32.2. The van der Waals surface area contributed by atoms with E-state index in [2.05, 4.69) is 10.7 Å². The Hall–Kier alpha value is -0.820. The molecule has 1 aliphatic rings. The predicted octanol–water partition coefficient (Wildman–Crippen LogP) is 2.99. The molecule has 3 rings (SSSR count). The number of carbonyl (C=O) groups excluding carboxylic acids is 1. The quantitative estimate of drug-likeness (QED) is 0.908. The van der Waals surface area contributed by atoms with Gasteiger partial charge in [0.1, 0.15) is 5.25 Å². The normalized spacial score (nSPS) is 19.4. The summed E-state index contributed by atoms with van der Waals surface area (Å²) in [6.45, 7) is 0.270. The molecule has 0 fully saturated rings. The second-order valence-corrected chi connectivity index (χ2v) is 7.61. The van der Waals surface area contributed by atoms with Crippen molar-refractivity contribution in [2.75, 3.05) is 12.3 Å². The second-order valence-electron chi connectivity index (χ2n) is 4.62. The molecule has 0 bridgehead atoms. The van der Waals surface area contributed by atoms with Crippen LogP contribution in [0.2, 0.25) is 0 Å². The van der Waals surface area contributed by atoms with Crippen LogP contribution in [0, 0.1) is 0 Å². The third-order valence-electron chi connectivity index (χ3n) is 3.31. The Morgan fingerprint density at radius 2 is 2.35 bits per heavy atom. The first-order valence-corrected chi connectivity index (χ1v) is 9.28. The number of carbonyl (C=O) groups is 1. The molecule has 106 valence electrons. The molecule has 0 radical (unpaired) electrons. The Labute approximate surface area is 130 Å². The maximum atomic E-state index is 12.3. The topological polar surface area (TPSA) is 49.3 Å². The van der Waals surface area contributed by atoms with Gasteiger partial charge >= 0.3 is 0 Å². The third kappa shape index (κ3) is 2.93.